The van der Waals surface area contributed by atoms with Crippen molar-refractivity contribution in [3.8, 4) is 0 Å². The highest BCUT2D eigenvalue weighted by molar-refractivity contribution is 5.92. The Balaban J connectivity index is 3.15. The van der Waals surface area contributed by atoms with Crippen LogP contribution in [0.5, 0.6) is 0 Å². The third-order valence-electron chi connectivity index (χ3n) is 2.69. The topological polar surface area (TPSA) is 83.8 Å². The molecule has 1 aliphatic carbocycles. The highest BCUT2D eigenvalue weighted by atomic mass is 16.5. The second-order valence-electron chi connectivity index (χ2n) is 3.54. The van der Waals surface area contributed by atoms with Gasteiger partial charge in [-0.25, -0.2) is 9.59 Å². The summed E-state index contributed by atoms with van der Waals surface area (Å²) in [4.78, 5) is 22.2. The van der Waals surface area contributed by atoms with E-state index in [-0.39, 0.29) is 12.2 Å². The van der Waals surface area contributed by atoms with Gasteiger partial charge in [0, 0.05) is 18.1 Å². The van der Waals surface area contributed by atoms with Crippen molar-refractivity contribution in [1.29, 1.82) is 0 Å². The minimum Gasteiger partial charge on any atom is -0.479 e. The van der Waals surface area contributed by atoms with E-state index in [0.29, 0.717) is 0 Å². The summed E-state index contributed by atoms with van der Waals surface area (Å²) in [6.07, 6.45) is 4.19. The Morgan fingerprint density at radius 3 is 2.56 bits per heavy atom. The van der Waals surface area contributed by atoms with Crippen LogP contribution in [0.2, 0.25) is 0 Å². The average molecular weight is 226 g/mol. The Labute approximate surface area is 93.0 Å². The van der Waals surface area contributed by atoms with Crippen LogP contribution in [0.25, 0.3) is 0 Å². The van der Waals surface area contributed by atoms with Crippen molar-refractivity contribution in [2.24, 2.45) is 5.92 Å². The van der Waals surface area contributed by atoms with Gasteiger partial charge in [0.15, 0.2) is 5.60 Å². The fraction of sp³-hybridized carbons (Fsp3) is 0.455. The lowest BCUT2D eigenvalue weighted by Gasteiger charge is -2.34. The molecule has 1 rings (SSSR count). The number of hydrogen-bond acceptors (Lipinski definition) is 3. The number of carboxylic acid groups (broad SMARTS) is 2. The van der Waals surface area contributed by atoms with Crippen LogP contribution in [-0.2, 0) is 14.3 Å². The normalized spacial score (nSPS) is 28.6. The average Bonchev–Trinajstić information content (AvgIpc) is 2.20. The molecule has 0 fully saturated rings. The highest BCUT2D eigenvalue weighted by Gasteiger charge is 2.46. The first-order valence-corrected chi connectivity index (χ1v) is 4.95. The molecule has 2 N–H and O–H groups in total. The summed E-state index contributed by atoms with van der Waals surface area (Å²) in [5.74, 6) is -3.03. The van der Waals surface area contributed by atoms with Crippen LogP contribution in [0.1, 0.15) is 13.8 Å². The Hall–Kier alpha value is -1.62. The Morgan fingerprint density at radius 1 is 1.50 bits per heavy atom. The molecule has 0 saturated carbocycles. The molecule has 0 aliphatic heterocycles. The maximum Gasteiger partial charge on any atom is 0.340 e. The summed E-state index contributed by atoms with van der Waals surface area (Å²) >= 11 is 0. The molecule has 2 atom stereocenters. The fourth-order valence-electron chi connectivity index (χ4n) is 1.80. The Kier molecular flexibility index (Phi) is 3.49. The lowest BCUT2D eigenvalue weighted by Crippen LogP contribution is -2.48. The van der Waals surface area contributed by atoms with Crippen molar-refractivity contribution in [3.05, 3.63) is 23.8 Å². The van der Waals surface area contributed by atoms with Crippen molar-refractivity contribution in [2.75, 3.05) is 6.61 Å². The van der Waals surface area contributed by atoms with Crippen molar-refractivity contribution in [2.45, 2.75) is 19.4 Å². The van der Waals surface area contributed by atoms with Gasteiger partial charge in [0.25, 0.3) is 0 Å². The minimum atomic E-state index is -1.57. The van der Waals surface area contributed by atoms with Gasteiger partial charge in [0.2, 0.25) is 0 Å². The fourth-order valence-corrected chi connectivity index (χ4v) is 1.80. The van der Waals surface area contributed by atoms with Gasteiger partial charge in [0.1, 0.15) is 0 Å². The van der Waals surface area contributed by atoms with Crippen molar-refractivity contribution >= 4 is 11.9 Å². The van der Waals surface area contributed by atoms with Crippen LogP contribution < -0.4 is 0 Å². The number of allylic oxidation sites excluding steroid dienone is 2. The predicted molar refractivity (Wildman–Crippen MR) is 56.0 cm³/mol. The molecule has 0 radical (unpaired) electrons. The van der Waals surface area contributed by atoms with Crippen LogP contribution in [0.3, 0.4) is 0 Å². The van der Waals surface area contributed by atoms with E-state index < -0.39 is 23.5 Å². The molecule has 16 heavy (non-hydrogen) atoms. The zero-order valence-electron chi connectivity index (χ0n) is 9.14. The van der Waals surface area contributed by atoms with Crippen molar-refractivity contribution in [3.63, 3.8) is 0 Å². The molecule has 0 amide bonds. The molecule has 0 saturated heterocycles. The van der Waals surface area contributed by atoms with Crippen LogP contribution in [0.15, 0.2) is 23.8 Å². The van der Waals surface area contributed by atoms with Crippen molar-refractivity contribution < 1.29 is 24.5 Å². The third kappa shape index (κ3) is 1.86. The lowest BCUT2D eigenvalue weighted by molar-refractivity contribution is -0.164. The van der Waals surface area contributed by atoms with E-state index in [1.54, 1.807) is 6.92 Å². The van der Waals surface area contributed by atoms with Gasteiger partial charge >= 0.3 is 11.9 Å². The van der Waals surface area contributed by atoms with Gasteiger partial charge < -0.3 is 14.9 Å². The maximum atomic E-state index is 11.2. The Morgan fingerprint density at radius 2 is 2.12 bits per heavy atom. The van der Waals surface area contributed by atoms with Crippen LogP contribution >= 0.6 is 0 Å². The standard InChI is InChI=1S/C11H14O5/c1-3-16-11(10(14)15)6-4-5-8(7(11)2)9(12)13/h4-7H,3H2,1-2H3,(H,12,13)(H,14,15). The summed E-state index contributed by atoms with van der Waals surface area (Å²) in [6.45, 7) is 3.41. The summed E-state index contributed by atoms with van der Waals surface area (Å²) < 4.78 is 5.23. The van der Waals surface area contributed by atoms with E-state index in [0.717, 1.165) is 0 Å². The first-order chi connectivity index (χ1) is 7.45. The molecule has 1 aliphatic rings. The van der Waals surface area contributed by atoms with Crippen molar-refractivity contribution in [1.82, 2.24) is 0 Å². The smallest absolute Gasteiger partial charge is 0.340 e. The first-order valence-electron chi connectivity index (χ1n) is 4.95. The summed E-state index contributed by atoms with van der Waals surface area (Å²) in [6, 6.07) is 0. The van der Waals surface area contributed by atoms with E-state index in [1.807, 2.05) is 0 Å². The van der Waals surface area contributed by atoms with E-state index in [2.05, 4.69) is 0 Å². The molecular formula is C11H14O5. The van der Waals surface area contributed by atoms with E-state index in [9.17, 15) is 14.7 Å². The first kappa shape index (κ1) is 12.4. The Bertz CT molecular complexity index is 369. The van der Waals surface area contributed by atoms with E-state index in [4.69, 9.17) is 9.84 Å². The van der Waals surface area contributed by atoms with Gasteiger partial charge in [-0.05, 0) is 13.0 Å². The predicted octanol–water partition coefficient (Wildman–Crippen LogP) is 1.06. The second kappa shape index (κ2) is 4.49. The zero-order valence-corrected chi connectivity index (χ0v) is 9.14. The van der Waals surface area contributed by atoms with E-state index >= 15 is 0 Å². The SMILES string of the molecule is CCOC1(C(=O)O)C=CC=C(C(=O)O)C1C. The van der Waals surface area contributed by atoms with Crippen LogP contribution in [0.4, 0.5) is 0 Å². The number of aliphatic carboxylic acids is 2. The van der Waals surface area contributed by atoms with Gasteiger partial charge in [-0.3, -0.25) is 0 Å². The summed E-state index contributed by atoms with van der Waals surface area (Å²) in [5.41, 5.74) is -1.53. The third-order valence-corrected chi connectivity index (χ3v) is 2.69. The van der Waals surface area contributed by atoms with Crippen LogP contribution in [0, 0.1) is 5.92 Å². The number of carbonyl (C=O) groups is 2. The molecule has 0 bridgehead atoms. The molecule has 0 aromatic heterocycles. The molecule has 2 unspecified atom stereocenters. The maximum absolute atomic E-state index is 11.2. The van der Waals surface area contributed by atoms with Crippen LogP contribution in [-0.4, -0.2) is 34.4 Å². The molecular weight excluding hydrogens is 212 g/mol. The monoisotopic (exact) mass is 226 g/mol. The van der Waals surface area contributed by atoms with Gasteiger partial charge in [-0.1, -0.05) is 19.1 Å². The molecule has 5 heteroatoms. The summed E-state index contributed by atoms with van der Waals surface area (Å²) in [7, 11) is 0. The second-order valence-corrected chi connectivity index (χ2v) is 3.54. The molecule has 88 valence electrons. The minimum absolute atomic E-state index is 0.0401. The van der Waals surface area contributed by atoms with Gasteiger partial charge in [-0.2, -0.15) is 0 Å². The molecule has 0 heterocycles. The largest absolute Gasteiger partial charge is 0.479 e. The lowest BCUT2D eigenvalue weighted by atomic mass is 9.79. The quantitative estimate of drug-likeness (QED) is 0.748. The van der Waals surface area contributed by atoms with Gasteiger partial charge in [0.05, 0.1) is 0 Å². The number of carboxylic acids is 2. The number of ether oxygens (including phenoxy) is 1. The molecule has 0 spiro atoms. The number of hydrogen-bond donors (Lipinski definition) is 2. The highest BCUT2D eigenvalue weighted by Crippen LogP contribution is 2.33. The molecule has 0 aromatic rings. The zero-order chi connectivity index (χ0) is 12.3. The van der Waals surface area contributed by atoms with E-state index in [1.165, 1.54) is 25.2 Å². The number of rotatable bonds is 4. The summed E-state index contributed by atoms with van der Waals surface area (Å²) in [5, 5.41) is 18.1. The molecule has 5 nitrogen and oxygen atoms in total. The van der Waals surface area contributed by atoms with Gasteiger partial charge in [-0.15, -0.1) is 0 Å². The molecule has 0 aromatic carbocycles.